The number of ketones is 1. The normalized spacial score (nSPS) is 11.3. The molecule has 0 N–H and O–H groups in total. The van der Waals surface area contributed by atoms with Crippen LogP contribution in [-0.4, -0.2) is 44.0 Å². The molecule has 0 saturated heterocycles. The van der Waals surface area contributed by atoms with Crippen LogP contribution in [0.3, 0.4) is 0 Å². The number of rotatable bonds is 9. The number of anilines is 1. The Morgan fingerprint density at radius 1 is 1.03 bits per heavy atom. The van der Waals surface area contributed by atoms with Gasteiger partial charge in [0.1, 0.15) is 0 Å². The van der Waals surface area contributed by atoms with E-state index >= 15 is 0 Å². The number of para-hydroxylation sites is 1. The smallest absolute Gasteiger partial charge is 0.344 e. The molecule has 0 heterocycles. The first-order valence-electron chi connectivity index (χ1n) is 9.25. The summed E-state index contributed by atoms with van der Waals surface area (Å²) in [6, 6.07) is 13.8. The van der Waals surface area contributed by atoms with Crippen molar-refractivity contribution in [3.8, 4) is 11.5 Å². The molecule has 0 fully saturated rings. The first kappa shape index (κ1) is 21.9. The summed E-state index contributed by atoms with van der Waals surface area (Å²) in [7, 11) is 1.44. The zero-order valence-electron chi connectivity index (χ0n) is 17.0. The Hall–Kier alpha value is -3.35. The van der Waals surface area contributed by atoms with E-state index in [0.717, 1.165) is 5.69 Å². The van der Waals surface area contributed by atoms with Crippen LogP contribution in [0.2, 0.25) is 0 Å². The van der Waals surface area contributed by atoms with Gasteiger partial charge in [0.15, 0.2) is 30.0 Å². The Kier molecular flexibility index (Phi) is 7.77. The summed E-state index contributed by atoms with van der Waals surface area (Å²) in [5.74, 6) is -0.493. The lowest BCUT2D eigenvalue weighted by atomic mass is 10.1. The maximum atomic E-state index is 12.6. The molecule has 2 aromatic rings. The fraction of sp³-hybridized carbons (Fsp3) is 0.318. The second-order valence-corrected chi connectivity index (χ2v) is 6.26. The number of hydrogen-bond donors (Lipinski definition) is 0. The predicted molar refractivity (Wildman–Crippen MR) is 109 cm³/mol. The Bertz CT molecular complexity index is 865. The fourth-order valence-electron chi connectivity index (χ4n) is 2.72. The number of nitrogens with zero attached hydrogens (tertiary/aromatic N) is 1. The van der Waals surface area contributed by atoms with Crippen molar-refractivity contribution in [2.75, 3.05) is 25.2 Å². The van der Waals surface area contributed by atoms with Gasteiger partial charge in [-0.05, 0) is 51.1 Å². The highest BCUT2D eigenvalue weighted by Gasteiger charge is 2.24. The summed E-state index contributed by atoms with van der Waals surface area (Å²) in [4.78, 5) is 37.8. The minimum absolute atomic E-state index is 0.111. The molecule has 0 bridgehead atoms. The highest BCUT2D eigenvalue weighted by atomic mass is 16.6. The van der Waals surface area contributed by atoms with Crippen LogP contribution in [0.15, 0.2) is 48.5 Å². The van der Waals surface area contributed by atoms with E-state index in [-0.39, 0.29) is 11.7 Å². The molecule has 2 aromatic carbocycles. The number of ether oxygens (including phenoxy) is 3. The van der Waals surface area contributed by atoms with Crippen LogP contribution in [0, 0.1) is 0 Å². The number of methoxy groups -OCH3 is 1. The molecule has 1 atom stereocenters. The quantitative estimate of drug-likeness (QED) is 0.475. The van der Waals surface area contributed by atoms with E-state index in [0.29, 0.717) is 23.6 Å². The van der Waals surface area contributed by atoms with E-state index in [1.807, 2.05) is 37.3 Å². The molecular weight excluding hydrogens is 374 g/mol. The van der Waals surface area contributed by atoms with Crippen LogP contribution >= 0.6 is 0 Å². The lowest BCUT2D eigenvalue weighted by molar-refractivity contribution is -0.155. The monoisotopic (exact) mass is 399 g/mol. The van der Waals surface area contributed by atoms with Crippen molar-refractivity contribution in [1.82, 2.24) is 0 Å². The molecule has 7 heteroatoms. The molecule has 0 unspecified atom stereocenters. The molecule has 29 heavy (non-hydrogen) atoms. The minimum Gasteiger partial charge on any atom is -0.493 e. The predicted octanol–water partition coefficient (Wildman–Crippen LogP) is 3.26. The molecular formula is C22H25NO6. The number of carbonyl (C=O) groups is 3. The highest BCUT2D eigenvalue weighted by molar-refractivity contribution is 5.97. The lowest BCUT2D eigenvalue weighted by Gasteiger charge is -2.24. The van der Waals surface area contributed by atoms with Crippen molar-refractivity contribution in [2.45, 2.75) is 26.9 Å². The molecule has 2 rings (SSSR count). The van der Waals surface area contributed by atoms with Gasteiger partial charge in [-0.2, -0.15) is 0 Å². The first-order chi connectivity index (χ1) is 13.9. The summed E-state index contributed by atoms with van der Waals surface area (Å²) in [6.07, 6.45) is -0.965. The third-order valence-electron chi connectivity index (χ3n) is 4.22. The van der Waals surface area contributed by atoms with Crippen molar-refractivity contribution in [3.05, 3.63) is 54.1 Å². The third kappa shape index (κ3) is 5.81. The molecule has 0 aliphatic carbocycles. The maximum absolute atomic E-state index is 12.6. The van der Waals surface area contributed by atoms with E-state index in [1.54, 1.807) is 17.0 Å². The van der Waals surface area contributed by atoms with E-state index in [4.69, 9.17) is 14.2 Å². The number of esters is 1. The largest absolute Gasteiger partial charge is 0.493 e. The number of amides is 1. The average Bonchev–Trinajstić information content (AvgIpc) is 2.73. The average molecular weight is 399 g/mol. The van der Waals surface area contributed by atoms with Gasteiger partial charge >= 0.3 is 5.97 Å². The summed E-state index contributed by atoms with van der Waals surface area (Å²) in [5.41, 5.74) is 1.20. The van der Waals surface area contributed by atoms with Gasteiger partial charge < -0.3 is 19.1 Å². The van der Waals surface area contributed by atoms with E-state index in [1.165, 1.54) is 27.0 Å². The summed E-state index contributed by atoms with van der Waals surface area (Å²) >= 11 is 0. The van der Waals surface area contributed by atoms with Crippen molar-refractivity contribution >= 4 is 23.3 Å². The molecule has 0 saturated carbocycles. The summed E-state index contributed by atoms with van der Waals surface area (Å²) in [6.45, 7) is 4.86. The lowest BCUT2D eigenvalue weighted by Crippen LogP contribution is -2.40. The number of likely N-dealkylation sites (N-methyl/N-ethyl adjacent to an activating group) is 1. The van der Waals surface area contributed by atoms with E-state index in [9.17, 15) is 14.4 Å². The van der Waals surface area contributed by atoms with Gasteiger partial charge in [-0.1, -0.05) is 18.2 Å². The highest BCUT2D eigenvalue weighted by Crippen LogP contribution is 2.28. The number of carbonyl (C=O) groups excluding carboxylic acids is 3. The van der Waals surface area contributed by atoms with Gasteiger partial charge in [0.2, 0.25) is 0 Å². The number of hydrogen-bond acceptors (Lipinski definition) is 6. The molecule has 0 aliphatic heterocycles. The van der Waals surface area contributed by atoms with Gasteiger partial charge in [0.25, 0.3) is 5.91 Å². The van der Waals surface area contributed by atoms with Crippen LogP contribution in [0.25, 0.3) is 0 Å². The Morgan fingerprint density at radius 3 is 2.31 bits per heavy atom. The van der Waals surface area contributed by atoms with Crippen LogP contribution in [0.1, 0.15) is 31.1 Å². The summed E-state index contributed by atoms with van der Waals surface area (Å²) in [5, 5.41) is 0. The van der Waals surface area contributed by atoms with Crippen molar-refractivity contribution in [1.29, 1.82) is 0 Å². The minimum atomic E-state index is -0.965. The van der Waals surface area contributed by atoms with Crippen LogP contribution < -0.4 is 14.4 Å². The maximum Gasteiger partial charge on any atom is 0.344 e. The van der Waals surface area contributed by atoms with Crippen molar-refractivity contribution in [2.24, 2.45) is 0 Å². The zero-order valence-corrected chi connectivity index (χ0v) is 17.0. The fourth-order valence-corrected chi connectivity index (χ4v) is 2.72. The van der Waals surface area contributed by atoms with E-state index in [2.05, 4.69) is 0 Å². The zero-order chi connectivity index (χ0) is 21.4. The Balaban J connectivity index is 1.96. The Morgan fingerprint density at radius 2 is 1.72 bits per heavy atom. The first-order valence-corrected chi connectivity index (χ1v) is 9.25. The van der Waals surface area contributed by atoms with Crippen molar-refractivity contribution in [3.63, 3.8) is 0 Å². The molecule has 7 nitrogen and oxygen atoms in total. The second kappa shape index (κ2) is 10.3. The van der Waals surface area contributed by atoms with Crippen LogP contribution in [-0.2, 0) is 14.3 Å². The molecule has 154 valence electrons. The third-order valence-corrected chi connectivity index (χ3v) is 4.22. The van der Waals surface area contributed by atoms with Gasteiger partial charge in [0, 0.05) is 17.8 Å². The standard InChI is InChI=1S/C22H25NO6/c1-5-23(18-9-7-6-8-10-18)22(26)16(3)29-21(25)14-28-19-12-11-17(15(2)24)13-20(19)27-4/h6-13,16H,5,14H2,1-4H3/t16-/m0/s1. The van der Waals surface area contributed by atoms with Gasteiger partial charge in [-0.15, -0.1) is 0 Å². The Labute approximate surface area is 170 Å². The number of Topliss-reactive ketones (excluding diaryl/α,β-unsaturated/α-hetero) is 1. The second-order valence-electron chi connectivity index (χ2n) is 6.26. The van der Waals surface area contributed by atoms with Gasteiger partial charge in [-0.25, -0.2) is 4.79 Å². The van der Waals surface area contributed by atoms with Gasteiger partial charge in [-0.3, -0.25) is 9.59 Å². The molecule has 1 amide bonds. The topological polar surface area (TPSA) is 82.1 Å². The van der Waals surface area contributed by atoms with Crippen LogP contribution in [0.4, 0.5) is 5.69 Å². The van der Waals surface area contributed by atoms with Crippen molar-refractivity contribution < 1.29 is 28.6 Å². The summed E-state index contributed by atoms with van der Waals surface area (Å²) < 4.78 is 15.9. The molecule has 0 aliphatic rings. The van der Waals surface area contributed by atoms with Gasteiger partial charge in [0.05, 0.1) is 7.11 Å². The van der Waals surface area contributed by atoms with E-state index < -0.39 is 18.7 Å². The molecule has 0 aromatic heterocycles. The SMILES string of the molecule is CCN(C(=O)[C@H](C)OC(=O)COc1ccc(C(C)=O)cc1OC)c1ccccc1. The number of benzene rings is 2. The molecule has 0 spiro atoms. The van der Waals surface area contributed by atoms with Crippen LogP contribution in [0.5, 0.6) is 11.5 Å². The molecule has 0 radical (unpaired) electrons.